The van der Waals surface area contributed by atoms with E-state index in [9.17, 15) is 23.5 Å². The van der Waals surface area contributed by atoms with Crippen LogP contribution in [0.4, 0.5) is 31.5 Å². The van der Waals surface area contributed by atoms with Crippen molar-refractivity contribution in [2.45, 2.75) is 6.10 Å². The number of hydrogen-bond donors (Lipinski definition) is 2. The molecule has 4 rings (SSSR count). The standard InChI is InChI=1S/C25H20F2N2O4/c1-33-21(15-4-2-5-17(27)12-15)14-29(19-10-8-16(26)9-11-19)20-7-3-6-18(13-20)28-22-23(30)25(32)24(22)31/h2-13,21,28,30H,14H2,1H3. The molecule has 0 saturated heterocycles. The van der Waals surface area contributed by atoms with Crippen molar-refractivity contribution in [1.29, 1.82) is 0 Å². The van der Waals surface area contributed by atoms with Crippen molar-refractivity contribution in [1.82, 2.24) is 0 Å². The average Bonchev–Trinajstić information content (AvgIpc) is 2.83. The molecule has 4 aromatic carbocycles. The molecule has 0 heterocycles. The summed E-state index contributed by atoms with van der Waals surface area (Å²) in [7, 11) is 1.52. The Kier molecular flexibility index (Phi) is 6.19. The van der Waals surface area contributed by atoms with Gasteiger partial charge in [-0.15, -0.1) is 0 Å². The number of hydrogen-bond acceptors (Lipinski definition) is 6. The van der Waals surface area contributed by atoms with Crippen molar-refractivity contribution in [3.63, 3.8) is 0 Å². The van der Waals surface area contributed by atoms with Gasteiger partial charge in [0.25, 0.3) is 10.9 Å². The van der Waals surface area contributed by atoms with Gasteiger partial charge in [-0.05, 0) is 60.2 Å². The summed E-state index contributed by atoms with van der Waals surface area (Å²) in [5.41, 5.74) is 0.514. The second-order valence-corrected chi connectivity index (χ2v) is 7.42. The van der Waals surface area contributed by atoms with Crippen molar-refractivity contribution >= 4 is 22.7 Å². The van der Waals surface area contributed by atoms with Crippen LogP contribution in [0.1, 0.15) is 11.7 Å². The van der Waals surface area contributed by atoms with E-state index in [0.29, 0.717) is 22.6 Å². The van der Waals surface area contributed by atoms with Crippen LogP contribution >= 0.6 is 0 Å². The zero-order valence-corrected chi connectivity index (χ0v) is 17.6. The van der Waals surface area contributed by atoms with Crippen LogP contribution in [0.25, 0.3) is 0 Å². The molecule has 0 aliphatic heterocycles. The molecule has 33 heavy (non-hydrogen) atoms. The van der Waals surface area contributed by atoms with E-state index < -0.39 is 28.5 Å². The molecule has 6 nitrogen and oxygen atoms in total. The first-order valence-electron chi connectivity index (χ1n) is 10.1. The van der Waals surface area contributed by atoms with Crippen molar-refractivity contribution in [3.8, 4) is 5.75 Å². The Hall–Kier alpha value is -4.04. The smallest absolute Gasteiger partial charge is 0.271 e. The molecule has 0 amide bonds. The van der Waals surface area contributed by atoms with Gasteiger partial charge in [-0.2, -0.15) is 0 Å². The van der Waals surface area contributed by atoms with Gasteiger partial charge < -0.3 is 20.1 Å². The molecule has 2 N–H and O–H groups in total. The quantitative estimate of drug-likeness (QED) is 0.384. The van der Waals surface area contributed by atoms with Crippen molar-refractivity contribution in [2.75, 3.05) is 23.9 Å². The minimum absolute atomic E-state index is 0.167. The Bertz CT molecular complexity index is 1350. The Balaban J connectivity index is 1.70. The van der Waals surface area contributed by atoms with Crippen LogP contribution in [-0.2, 0) is 4.74 Å². The zero-order chi connectivity index (χ0) is 23.5. The van der Waals surface area contributed by atoms with Crippen molar-refractivity contribution in [2.24, 2.45) is 0 Å². The predicted octanol–water partition coefficient (Wildman–Crippen LogP) is 4.54. The Morgan fingerprint density at radius 3 is 2.30 bits per heavy atom. The van der Waals surface area contributed by atoms with Gasteiger partial charge in [0.2, 0.25) is 0 Å². The van der Waals surface area contributed by atoms with E-state index in [1.165, 1.54) is 31.4 Å². The molecule has 0 aromatic heterocycles. The van der Waals surface area contributed by atoms with Gasteiger partial charge >= 0.3 is 0 Å². The van der Waals surface area contributed by atoms with Gasteiger partial charge in [0.05, 0.1) is 6.54 Å². The Morgan fingerprint density at radius 2 is 1.64 bits per heavy atom. The molecular formula is C25H20F2N2O4. The third-order valence-electron chi connectivity index (χ3n) is 5.30. The number of halogens is 2. The number of benzene rings is 3. The highest BCUT2D eigenvalue weighted by molar-refractivity contribution is 5.73. The summed E-state index contributed by atoms with van der Waals surface area (Å²) in [5.74, 6) is -1.38. The van der Waals surface area contributed by atoms with Gasteiger partial charge in [0, 0.05) is 24.2 Å². The fourth-order valence-corrected chi connectivity index (χ4v) is 3.56. The summed E-state index contributed by atoms with van der Waals surface area (Å²) in [6.07, 6.45) is -0.514. The van der Waals surface area contributed by atoms with Gasteiger partial charge in [0.15, 0.2) is 5.75 Å². The van der Waals surface area contributed by atoms with E-state index in [1.807, 2.05) is 4.90 Å². The number of aromatic hydroxyl groups is 1. The van der Waals surface area contributed by atoms with Crippen LogP contribution in [0.15, 0.2) is 82.4 Å². The molecule has 0 fully saturated rings. The van der Waals surface area contributed by atoms with E-state index in [2.05, 4.69) is 5.32 Å². The summed E-state index contributed by atoms with van der Waals surface area (Å²) < 4.78 is 33.0. The minimum atomic E-state index is -0.931. The van der Waals surface area contributed by atoms with Gasteiger partial charge in [-0.3, -0.25) is 9.59 Å². The fraction of sp³-hybridized carbons (Fsp3) is 0.120. The topological polar surface area (TPSA) is 78.9 Å². The summed E-state index contributed by atoms with van der Waals surface area (Å²) in [4.78, 5) is 24.8. The van der Waals surface area contributed by atoms with Crippen LogP contribution in [-0.4, -0.2) is 18.8 Å². The molecule has 0 aliphatic rings. The molecule has 0 spiro atoms. The summed E-state index contributed by atoms with van der Waals surface area (Å²) in [6.45, 7) is 0.264. The predicted molar refractivity (Wildman–Crippen MR) is 122 cm³/mol. The highest BCUT2D eigenvalue weighted by Gasteiger charge is 2.22. The number of anilines is 4. The van der Waals surface area contributed by atoms with Crippen LogP contribution in [0, 0.1) is 11.6 Å². The Labute approximate surface area is 188 Å². The highest BCUT2D eigenvalue weighted by atomic mass is 19.1. The minimum Gasteiger partial charge on any atom is -0.502 e. The summed E-state index contributed by atoms with van der Waals surface area (Å²) in [5, 5.41) is 12.4. The number of nitrogens with zero attached hydrogens (tertiary/aromatic N) is 1. The molecule has 1 unspecified atom stereocenters. The van der Waals surface area contributed by atoms with E-state index in [1.54, 1.807) is 48.5 Å². The second-order valence-electron chi connectivity index (χ2n) is 7.42. The third kappa shape index (κ3) is 4.61. The number of methoxy groups -OCH3 is 1. The maximum atomic E-state index is 13.8. The molecule has 0 aliphatic carbocycles. The lowest BCUT2D eigenvalue weighted by molar-refractivity contribution is 0.110. The van der Waals surface area contributed by atoms with Crippen molar-refractivity contribution < 1.29 is 18.6 Å². The molecular weight excluding hydrogens is 430 g/mol. The summed E-state index contributed by atoms with van der Waals surface area (Å²) in [6, 6.07) is 18.9. The van der Waals surface area contributed by atoms with E-state index >= 15 is 0 Å². The SMILES string of the molecule is COC(CN(c1ccc(F)cc1)c1cccc(Nc2c(O)c(=O)c2=O)c1)c1cccc(F)c1. The van der Waals surface area contributed by atoms with Crippen LogP contribution in [0.3, 0.4) is 0 Å². The summed E-state index contributed by atoms with van der Waals surface area (Å²) >= 11 is 0. The molecule has 0 saturated carbocycles. The largest absolute Gasteiger partial charge is 0.502 e. The monoisotopic (exact) mass is 450 g/mol. The number of nitrogens with one attached hydrogen (secondary N) is 1. The average molecular weight is 450 g/mol. The number of ether oxygens (including phenoxy) is 1. The third-order valence-corrected chi connectivity index (χ3v) is 5.30. The molecule has 4 aromatic rings. The van der Waals surface area contributed by atoms with E-state index in [4.69, 9.17) is 4.74 Å². The molecule has 1 atom stereocenters. The molecule has 0 radical (unpaired) electrons. The first kappa shape index (κ1) is 22.2. The zero-order valence-electron chi connectivity index (χ0n) is 17.6. The first-order valence-corrected chi connectivity index (χ1v) is 10.1. The second kappa shape index (κ2) is 9.22. The lowest BCUT2D eigenvalue weighted by Gasteiger charge is -2.30. The molecule has 168 valence electrons. The van der Waals surface area contributed by atoms with Crippen LogP contribution in [0.2, 0.25) is 0 Å². The first-order chi connectivity index (χ1) is 15.9. The van der Waals surface area contributed by atoms with Crippen LogP contribution in [0.5, 0.6) is 5.75 Å². The molecule has 0 bridgehead atoms. The maximum absolute atomic E-state index is 13.8. The van der Waals surface area contributed by atoms with E-state index in [0.717, 1.165) is 0 Å². The van der Waals surface area contributed by atoms with Gasteiger partial charge in [-0.25, -0.2) is 8.78 Å². The normalized spacial score (nSPS) is 12.0. The highest BCUT2D eigenvalue weighted by Crippen LogP contribution is 2.32. The maximum Gasteiger partial charge on any atom is 0.271 e. The van der Waals surface area contributed by atoms with Crippen LogP contribution < -0.4 is 21.1 Å². The van der Waals surface area contributed by atoms with Gasteiger partial charge in [0.1, 0.15) is 23.4 Å². The number of rotatable bonds is 8. The van der Waals surface area contributed by atoms with Gasteiger partial charge in [-0.1, -0.05) is 18.2 Å². The lowest BCUT2D eigenvalue weighted by atomic mass is 10.1. The van der Waals surface area contributed by atoms with E-state index in [-0.39, 0.29) is 18.0 Å². The lowest BCUT2D eigenvalue weighted by Crippen LogP contribution is -2.32. The van der Waals surface area contributed by atoms with Crippen molar-refractivity contribution in [3.05, 3.63) is 110 Å². The Morgan fingerprint density at radius 1 is 0.909 bits per heavy atom. The fourth-order valence-electron chi connectivity index (χ4n) is 3.56. The molecule has 8 heteroatoms.